The van der Waals surface area contributed by atoms with Gasteiger partial charge in [-0.25, -0.2) is 0 Å². The van der Waals surface area contributed by atoms with Gasteiger partial charge in [-0.2, -0.15) is 0 Å². The molecule has 0 fully saturated rings. The molecule has 5 rings (SSSR count). The van der Waals surface area contributed by atoms with Crippen LogP contribution in [0.25, 0.3) is 22.1 Å². The molecule has 4 aromatic rings. The lowest BCUT2D eigenvalue weighted by Crippen LogP contribution is -2.17. The minimum atomic E-state index is -0.774. The number of fused-ring (bicyclic) bond motifs is 2. The molecule has 0 saturated heterocycles. The monoisotopic (exact) mass is 504 g/mol. The molecule has 9 heteroatoms. The van der Waals surface area contributed by atoms with Gasteiger partial charge >= 0.3 is 5.97 Å². The molecule has 9 nitrogen and oxygen atoms in total. The van der Waals surface area contributed by atoms with Crippen LogP contribution in [0.4, 0.5) is 0 Å². The Morgan fingerprint density at radius 1 is 1.03 bits per heavy atom. The number of phenolic OH excluding ortho intramolecular Hbond substituents is 2. The number of aromatic hydroxyl groups is 2. The number of esters is 1. The van der Waals surface area contributed by atoms with Crippen LogP contribution >= 0.6 is 0 Å². The summed E-state index contributed by atoms with van der Waals surface area (Å²) in [6.45, 7) is 0.711. The summed E-state index contributed by atoms with van der Waals surface area (Å²) in [6, 6.07) is 12.4. The van der Waals surface area contributed by atoms with E-state index in [1.165, 1.54) is 44.7 Å². The highest BCUT2D eigenvalue weighted by Gasteiger charge is 2.29. The molecule has 0 saturated carbocycles. The van der Waals surface area contributed by atoms with Gasteiger partial charge in [-0.3, -0.25) is 9.59 Å². The van der Waals surface area contributed by atoms with E-state index in [9.17, 15) is 19.8 Å². The quantitative estimate of drug-likeness (QED) is 0.369. The van der Waals surface area contributed by atoms with E-state index < -0.39 is 11.9 Å². The summed E-state index contributed by atoms with van der Waals surface area (Å²) in [5, 5.41) is 20.8. The zero-order valence-corrected chi connectivity index (χ0v) is 20.1. The van der Waals surface area contributed by atoms with E-state index in [1.54, 1.807) is 24.3 Å². The van der Waals surface area contributed by atoms with Crippen LogP contribution in [0.3, 0.4) is 0 Å². The topological polar surface area (TPSA) is 125 Å². The number of hydrogen-bond acceptors (Lipinski definition) is 9. The van der Waals surface area contributed by atoms with Crippen molar-refractivity contribution in [2.24, 2.45) is 0 Å². The summed E-state index contributed by atoms with van der Waals surface area (Å²) in [5.74, 6) is -0.107. The number of ether oxygens (including phenoxy) is 4. The fourth-order valence-electron chi connectivity index (χ4n) is 4.52. The molecule has 2 heterocycles. The molecule has 1 atom stereocenters. The predicted molar refractivity (Wildman–Crippen MR) is 134 cm³/mol. The first kappa shape index (κ1) is 24.1. The first-order valence-corrected chi connectivity index (χ1v) is 11.5. The Balaban J connectivity index is 1.72. The second-order valence-electron chi connectivity index (χ2n) is 8.48. The Labute approximate surface area is 211 Å². The van der Waals surface area contributed by atoms with E-state index in [1.807, 2.05) is 0 Å². The Kier molecular flexibility index (Phi) is 6.35. The summed E-state index contributed by atoms with van der Waals surface area (Å²) >= 11 is 0. The van der Waals surface area contributed by atoms with Gasteiger partial charge in [-0.05, 0) is 47.5 Å². The van der Waals surface area contributed by atoms with Gasteiger partial charge in [0.05, 0.1) is 31.6 Å². The highest BCUT2D eigenvalue weighted by atomic mass is 16.6. The lowest BCUT2D eigenvalue weighted by molar-refractivity contribution is -0.140. The second-order valence-corrected chi connectivity index (χ2v) is 8.48. The van der Waals surface area contributed by atoms with Gasteiger partial charge in [-0.1, -0.05) is 12.1 Å². The van der Waals surface area contributed by atoms with Crippen LogP contribution in [-0.2, 0) is 9.53 Å². The predicted octanol–water partition coefficient (Wildman–Crippen LogP) is 4.35. The van der Waals surface area contributed by atoms with Gasteiger partial charge in [0.1, 0.15) is 36.6 Å². The smallest absolute Gasteiger partial charge is 0.306 e. The van der Waals surface area contributed by atoms with Crippen molar-refractivity contribution in [1.82, 2.24) is 0 Å². The van der Waals surface area contributed by atoms with Gasteiger partial charge in [0.2, 0.25) is 11.2 Å². The number of carbonyl (C=O) groups is 1. The van der Waals surface area contributed by atoms with Gasteiger partial charge < -0.3 is 33.6 Å². The van der Waals surface area contributed by atoms with E-state index in [-0.39, 0.29) is 45.4 Å². The summed E-state index contributed by atoms with van der Waals surface area (Å²) in [7, 11) is 2.77. The van der Waals surface area contributed by atoms with E-state index in [0.29, 0.717) is 41.6 Å². The first-order chi connectivity index (χ1) is 17.9. The van der Waals surface area contributed by atoms with E-state index >= 15 is 0 Å². The molecular formula is C28H24O9. The lowest BCUT2D eigenvalue weighted by Gasteiger charge is -2.24. The highest BCUT2D eigenvalue weighted by molar-refractivity contribution is 5.87. The van der Waals surface area contributed by atoms with Crippen molar-refractivity contribution in [3.8, 4) is 39.9 Å². The third kappa shape index (κ3) is 4.40. The zero-order valence-electron chi connectivity index (χ0n) is 20.1. The van der Waals surface area contributed by atoms with Crippen molar-refractivity contribution in [2.75, 3.05) is 27.4 Å². The van der Waals surface area contributed by atoms with Crippen molar-refractivity contribution in [2.45, 2.75) is 12.3 Å². The SMILES string of the molecule is COC(=O)C[C@H](c1cc(OC)c2c(c1)OCCO2)c1c(O)ccc2c(=O)c(-c3ccc(O)cc3)coc12. The average molecular weight is 504 g/mol. The summed E-state index contributed by atoms with van der Waals surface area (Å²) in [4.78, 5) is 25.9. The Hall–Kier alpha value is -4.66. The van der Waals surface area contributed by atoms with Crippen LogP contribution in [0.15, 0.2) is 64.0 Å². The maximum Gasteiger partial charge on any atom is 0.306 e. The third-order valence-electron chi connectivity index (χ3n) is 6.33. The van der Waals surface area contributed by atoms with Crippen molar-refractivity contribution < 1.29 is 38.4 Å². The molecule has 2 N–H and O–H groups in total. The van der Waals surface area contributed by atoms with Crippen molar-refractivity contribution in [1.29, 1.82) is 0 Å². The molecule has 37 heavy (non-hydrogen) atoms. The molecular weight excluding hydrogens is 480 g/mol. The van der Waals surface area contributed by atoms with Crippen molar-refractivity contribution >= 4 is 16.9 Å². The maximum atomic E-state index is 13.5. The van der Waals surface area contributed by atoms with Gasteiger partial charge in [-0.15, -0.1) is 0 Å². The summed E-state index contributed by atoms with van der Waals surface area (Å²) in [5.41, 5.74) is 1.47. The molecule has 1 aliphatic rings. The molecule has 3 aromatic carbocycles. The highest BCUT2D eigenvalue weighted by Crippen LogP contribution is 2.46. The molecule has 0 amide bonds. The van der Waals surface area contributed by atoms with Gasteiger partial charge in [0.25, 0.3) is 0 Å². The first-order valence-electron chi connectivity index (χ1n) is 11.5. The van der Waals surface area contributed by atoms with Crippen LogP contribution in [0.5, 0.6) is 28.7 Å². The number of carbonyl (C=O) groups excluding carboxylic acids is 1. The fraction of sp³-hybridized carbons (Fsp3) is 0.214. The zero-order chi connectivity index (χ0) is 26.1. The van der Waals surface area contributed by atoms with Crippen LogP contribution in [0.2, 0.25) is 0 Å². The Morgan fingerprint density at radius 2 is 1.78 bits per heavy atom. The minimum Gasteiger partial charge on any atom is -0.508 e. The number of phenols is 2. The molecule has 1 aromatic heterocycles. The minimum absolute atomic E-state index is 0.0710. The average Bonchev–Trinajstić information content (AvgIpc) is 2.92. The van der Waals surface area contributed by atoms with Crippen molar-refractivity contribution in [3.05, 3.63) is 76.1 Å². The van der Waals surface area contributed by atoms with E-state index in [2.05, 4.69) is 0 Å². The summed E-state index contributed by atoms with van der Waals surface area (Å²) in [6.07, 6.45) is 1.15. The second kappa shape index (κ2) is 9.77. The van der Waals surface area contributed by atoms with Crippen LogP contribution < -0.4 is 19.6 Å². The standard InChI is InChI=1S/C28H24O9/c1-33-22-11-16(12-23-28(22)36-10-9-35-23)19(13-24(31)34-2)25-21(30)8-7-18-26(32)20(14-37-27(18)25)15-3-5-17(29)6-4-15/h3-8,11-12,14,19,29-30H,9-10,13H2,1-2H3/t19-/m1/s1. The number of benzene rings is 3. The number of rotatable bonds is 6. The molecule has 190 valence electrons. The van der Waals surface area contributed by atoms with E-state index in [0.717, 1.165) is 0 Å². The summed E-state index contributed by atoms with van der Waals surface area (Å²) < 4.78 is 27.8. The largest absolute Gasteiger partial charge is 0.508 e. The van der Waals surface area contributed by atoms with Crippen LogP contribution in [0.1, 0.15) is 23.5 Å². The van der Waals surface area contributed by atoms with E-state index in [4.69, 9.17) is 23.4 Å². The van der Waals surface area contributed by atoms with Gasteiger partial charge in [0, 0.05) is 11.5 Å². The number of methoxy groups -OCH3 is 2. The van der Waals surface area contributed by atoms with Gasteiger partial charge in [0.15, 0.2) is 11.5 Å². The Morgan fingerprint density at radius 3 is 2.51 bits per heavy atom. The fourth-order valence-corrected chi connectivity index (χ4v) is 4.52. The van der Waals surface area contributed by atoms with Crippen LogP contribution in [0, 0.1) is 0 Å². The molecule has 0 bridgehead atoms. The molecule has 0 aliphatic carbocycles. The molecule has 0 spiro atoms. The third-order valence-corrected chi connectivity index (χ3v) is 6.33. The van der Waals surface area contributed by atoms with Crippen LogP contribution in [-0.4, -0.2) is 43.6 Å². The van der Waals surface area contributed by atoms with Crippen molar-refractivity contribution in [3.63, 3.8) is 0 Å². The number of hydrogen-bond donors (Lipinski definition) is 2. The molecule has 0 radical (unpaired) electrons. The normalized spacial score (nSPS) is 13.2. The molecule has 0 unspecified atom stereocenters. The maximum absolute atomic E-state index is 13.5. The lowest BCUT2D eigenvalue weighted by atomic mass is 9.86. The molecule has 1 aliphatic heterocycles. The Bertz CT molecular complexity index is 1520.